The molecule has 0 saturated carbocycles. The number of alkyl halides is 1. The van der Waals surface area contributed by atoms with Crippen molar-refractivity contribution >= 4 is 21.5 Å². The van der Waals surface area contributed by atoms with Crippen LogP contribution in [0.1, 0.15) is 32.8 Å². The fourth-order valence-corrected chi connectivity index (χ4v) is 4.37. The van der Waals surface area contributed by atoms with Gasteiger partial charge in [0.05, 0.1) is 24.7 Å². The molecule has 0 aromatic carbocycles. The number of piperidine rings is 1. The topological polar surface area (TPSA) is 105 Å². The van der Waals surface area contributed by atoms with E-state index in [1.807, 2.05) is 18.3 Å². The molecule has 1 aliphatic rings. The number of halogens is 1. The van der Waals surface area contributed by atoms with Crippen LogP contribution in [0.25, 0.3) is 17.0 Å². The zero-order chi connectivity index (χ0) is 22.4. The summed E-state index contributed by atoms with van der Waals surface area (Å²) in [4.78, 5) is 13.2. The molecule has 1 N–H and O–H groups in total. The fourth-order valence-electron chi connectivity index (χ4n) is 3.52. The molecule has 0 unspecified atom stereocenters. The largest absolute Gasteiger partial charge is 0.347 e. The van der Waals surface area contributed by atoms with E-state index in [1.165, 1.54) is 0 Å². The molecule has 31 heavy (non-hydrogen) atoms. The minimum atomic E-state index is -3.41. The van der Waals surface area contributed by atoms with Crippen LogP contribution in [0.3, 0.4) is 0 Å². The van der Waals surface area contributed by atoms with Crippen molar-refractivity contribution in [2.45, 2.75) is 44.8 Å². The predicted octanol–water partition coefficient (Wildman–Crippen LogP) is 2.27. The van der Waals surface area contributed by atoms with E-state index in [2.05, 4.69) is 46.1 Å². The monoisotopic (exact) mass is 447 g/mol. The Morgan fingerprint density at radius 3 is 2.48 bits per heavy atom. The molecule has 0 bridgehead atoms. The number of fused-ring (bicyclic) bond motifs is 1. The Balaban J connectivity index is 1.56. The fraction of sp³-hybridized carbons (Fsp3) is 0.500. The summed E-state index contributed by atoms with van der Waals surface area (Å²) in [6, 6.07) is 3.35. The van der Waals surface area contributed by atoms with Crippen molar-refractivity contribution < 1.29 is 12.8 Å². The third-order valence-electron chi connectivity index (χ3n) is 5.42. The summed E-state index contributed by atoms with van der Waals surface area (Å²) in [6.45, 7) is 6.44. The van der Waals surface area contributed by atoms with Gasteiger partial charge in [-0.1, -0.05) is 26.8 Å². The van der Waals surface area contributed by atoms with E-state index in [-0.39, 0.29) is 24.5 Å². The Morgan fingerprint density at radius 2 is 1.87 bits per heavy atom. The van der Waals surface area contributed by atoms with Gasteiger partial charge < -0.3 is 5.32 Å². The van der Waals surface area contributed by atoms with Crippen LogP contribution in [0.4, 0.5) is 10.3 Å². The van der Waals surface area contributed by atoms with Crippen LogP contribution < -0.4 is 5.32 Å². The molecular weight excluding hydrogens is 421 g/mol. The maximum absolute atomic E-state index is 14.6. The molecule has 2 atom stereocenters. The number of rotatable bonds is 4. The second kappa shape index (κ2) is 7.79. The van der Waals surface area contributed by atoms with Crippen molar-refractivity contribution in [1.29, 1.82) is 0 Å². The molecule has 0 aliphatic carbocycles. The minimum Gasteiger partial charge on any atom is -0.347 e. The van der Waals surface area contributed by atoms with Gasteiger partial charge in [-0.15, -0.1) is 5.10 Å². The van der Waals surface area contributed by atoms with E-state index < -0.39 is 22.2 Å². The molecule has 166 valence electrons. The number of nitrogens with zero attached hydrogens (tertiary/aromatic N) is 6. The third-order valence-corrected chi connectivity index (χ3v) is 6.69. The summed E-state index contributed by atoms with van der Waals surface area (Å²) in [5.41, 5.74) is 2.46. The summed E-state index contributed by atoms with van der Waals surface area (Å²) < 4.78 is 40.7. The number of sulfonamides is 1. The van der Waals surface area contributed by atoms with Gasteiger partial charge >= 0.3 is 0 Å². The van der Waals surface area contributed by atoms with Gasteiger partial charge in [0, 0.05) is 19.3 Å². The first-order valence-corrected chi connectivity index (χ1v) is 11.9. The smallest absolute Gasteiger partial charge is 0.241 e. The van der Waals surface area contributed by atoms with Crippen LogP contribution in [0, 0.1) is 0 Å². The quantitative estimate of drug-likeness (QED) is 0.654. The molecule has 1 saturated heterocycles. The van der Waals surface area contributed by atoms with Crippen molar-refractivity contribution in [3.63, 3.8) is 0 Å². The van der Waals surface area contributed by atoms with Crippen LogP contribution in [0.5, 0.6) is 0 Å². The van der Waals surface area contributed by atoms with Gasteiger partial charge in [-0.3, -0.25) is 4.98 Å². The lowest BCUT2D eigenvalue weighted by molar-refractivity contribution is 0.186. The van der Waals surface area contributed by atoms with Crippen LogP contribution >= 0.6 is 0 Å². The molecule has 3 aromatic rings. The Morgan fingerprint density at radius 1 is 1.13 bits per heavy atom. The zero-order valence-corrected chi connectivity index (χ0v) is 18.8. The molecule has 1 aliphatic heterocycles. The van der Waals surface area contributed by atoms with Crippen LogP contribution in [0.2, 0.25) is 0 Å². The number of pyridine rings is 1. The van der Waals surface area contributed by atoms with Crippen LogP contribution in [-0.4, -0.2) is 68.8 Å². The van der Waals surface area contributed by atoms with Gasteiger partial charge in [-0.2, -0.15) is 4.31 Å². The Kier molecular flexibility index (Phi) is 5.42. The molecule has 11 heteroatoms. The summed E-state index contributed by atoms with van der Waals surface area (Å²) in [5, 5.41) is 7.48. The highest BCUT2D eigenvalue weighted by molar-refractivity contribution is 7.88. The van der Waals surface area contributed by atoms with Crippen LogP contribution in [0.15, 0.2) is 30.7 Å². The maximum atomic E-state index is 14.6. The van der Waals surface area contributed by atoms with E-state index >= 15 is 0 Å². The van der Waals surface area contributed by atoms with E-state index in [4.69, 9.17) is 0 Å². The first-order valence-electron chi connectivity index (χ1n) is 10.1. The standard InChI is InChI=1S/C20H26FN7O2S/c1-20(2,3)13-5-6-17(22-9-13)18-23-10-14-11-24-19(26-28(14)18)25-16-7-8-27(12-15(16)21)31(4,29)30/h5-6,9-11,15-16H,7-8,12H2,1-4H3,(H,25,26)/t15-,16-/m1/s1. The summed E-state index contributed by atoms with van der Waals surface area (Å²) in [7, 11) is -3.41. The number of hydrogen-bond donors (Lipinski definition) is 1. The van der Waals surface area contributed by atoms with Crippen molar-refractivity contribution in [3.05, 3.63) is 36.3 Å². The number of anilines is 1. The van der Waals surface area contributed by atoms with Gasteiger partial charge in [0.15, 0.2) is 5.82 Å². The lowest BCUT2D eigenvalue weighted by Gasteiger charge is -2.33. The summed E-state index contributed by atoms with van der Waals surface area (Å²) >= 11 is 0. The van der Waals surface area contributed by atoms with Gasteiger partial charge in [0.25, 0.3) is 0 Å². The SMILES string of the molecule is CC(C)(C)c1ccc(-c2ncc3cnc(N[C@@H]4CCN(S(C)(=O)=O)C[C@H]4F)nn23)nc1. The van der Waals surface area contributed by atoms with E-state index in [9.17, 15) is 12.8 Å². The third kappa shape index (κ3) is 4.52. The summed E-state index contributed by atoms with van der Waals surface area (Å²) in [5.74, 6) is 0.808. The highest BCUT2D eigenvalue weighted by atomic mass is 32.2. The first-order chi connectivity index (χ1) is 14.5. The average Bonchev–Trinajstić information content (AvgIpc) is 3.11. The zero-order valence-electron chi connectivity index (χ0n) is 17.9. The van der Waals surface area contributed by atoms with Gasteiger partial charge in [-0.25, -0.2) is 27.3 Å². The predicted molar refractivity (Wildman–Crippen MR) is 116 cm³/mol. The molecule has 0 radical (unpaired) electrons. The Bertz CT molecular complexity index is 1190. The normalized spacial score (nSPS) is 20.8. The molecule has 4 rings (SSSR count). The van der Waals surface area contributed by atoms with E-state index in [1.54, 1.807) is 16.9 Å². The molecular formula is C20H26FN7O2S. The summed E-state index contributed by atoms with van der Waals surface area (Å²) in [6.07, 6.45) is 5.14. The molecule has 0 spiro atoms. The molecule has 9 nitrogen and oxygen atoms in total. The number of aromatic nitrogens is 5. The molecule has 3 aromatic heterocycles. The first kappa shape index (κ1) is 21.6. The van der Waals surface area contributed by atoms with Crippen molar-refractivity contribution in [1.82, 2.24) is 28.9 Å². The Hall–Kier alpha value is -2.66. The van der Waals surface area contributed by atoms with Gasteiger partial charge in [0.2, 0.25) is 16.0 Å². The second-order valence-electron chi connectivity index (χ2n) is 8.86. The molecule has 1 fully saturated rings. The lowest BCUT2D eigenvalue weighted by Crippen LogP contribution is -2.49. The molecule has 4 heterocycles. The molecule has 0 amide bonds. The van der Waals surface area contributed by atoms with Crippen molar-refractivity contribution in [3.8, 4) is 11.5 Å². The van der Waals surface area contributed by atoms with Crippen molar-refractivity contribution in [2.75, 3.05) is 24.7 Å². The highest BCUT2D eigenvalue weighted by Crippen LogP contribution is 2.24. The Labute approximate surface area is 180 Å². The number of imidazole rings is 1. The number of hydrogen-bond acceptors (Lipinski definition) is 7. The highest BCUT2D eigenvalue weighted by Gasteiger charge is 2.33. The van der Waals surface area contributed by atoms with Gasteiger partial charge in [0.1, 0.15) is 17.4 Å². The average molecular weight is 448 g/mol. The van der Waals surface area contributed by atoms with E-state index in [0.717, 1.165) is 16.1 Å². The number of nitrogens with one attached hydrogen (secondary N) is 1. The van der Waals surface area contributed by atoms with Crippen LogP contribution in [-0.2, 0) is 15.4 Å². The second-order valence-corrected chi connectivity index (χ2v) is 10.8. The van der Waals surface area contributed by atoms with Gasteiger partial charge in [-0.05, 0) is 23.5 Å². The van der Waals surface area contributed by atoms with E-state index in [0.29, 0.717) is 23.5 Å². The minimum absolute atomic E-state index is 0.00492. The van der Waals surface area contributed by atoms with Crippen molar-refractivity contribution in [2.24, 2.45) is 0 Å². The maximum Gasteiger partial charge on any atom is 0.241 e. The lowest BCUT2D eigenvalue weighted by atomic mass is 9.88.